The Labute approximate surface area is 83.3 Å². The van der Waals surface area contributed by atoms with Crippen molar-refractivity contribution in [3.05, 3.63) is 59.9 Å². The van der Waals surface area contributed by atoms with Gasteiger partial charge in [0, 0.05) is 17.6 Å². The molecular weight excluding hydrogens is 170 g/mol. The molecule has 0 radical (unpaired) electrons. The van der Waals surface area contributed by atoms with Crippen LogP contribution < -0.4 is 0 Å². The second-order valence-corrected chi connectivity index (χ2v) is 3.54. The lowest BCUT2D eigenvalue weighted by atomic mass is 10.1. The number of hydrogen-bond acceptors (Lipinski definition) is 0. The third kappa shape index (κ3) is 1.02. The highest BCUT2D eigenvalue weighted by Gasteiger charge is 2.07. The molecule has 1 aliphatic rings. The Kier molecular flexibility index (Phi) is 1.57. The number of allylic oxidation sites excluding steroid dienone is 1. The molecule has 1 heteroatoms. The largest absolute Gasteiger partial charge is 0.317 e. The van der Waals surface area contributed by atoms with E-state index in [-0.39, 0.29) is 0 Å². The zero-order valence-electron chi connectivity index (χ0n) is 7.85. The molecule has 0 fully saturated rings. The van der Waals surface area contributed by atoms with Crippen molar-refractivity contribution in [3.63, 3.8) is 0 Å². The van der Waals surface area contributed by atoms with Gasteiger partial charge in [-0.3, -0.25) is 0 Å². The summed E-state index contributed by atoms with van der Waals surface area (Å²) in [5, 5.41) is 0. The maximum Gasteiger partial charge on any atom is 0.0490 e. The van der Waals surface area contributed by atoms with Gasteiger partial charge in [0.25, 0.3) is 0 Å². The Balaban J connectivity index is 2.33. The summed E-state index contributed by atoms with van der Waals surface area (Å²) in [7, 11) is 0. The predicted molar refractivity (Wildman–Crippen MR) is 58.5 cm³/mol. The molecule has 1 aliphatic heterocycles. The summed E-state index contributed by atoms with van der Waals surface area (Å²) < 4.78 is 2.23. The summed E-state index contributed by atoms with van der Waals surface area (Å²) in [5.74, 6) is 0. The van der Waals surface area contributed by atoms with Crippen LogP contribution in [0.1, 0.15) is 11.3 Å². The molecule has 1 aromatic heterocycles. The third-order valence-electron chi connectivity index (χ3n) is 2.66. The Bertz CT molecular complexity index is 491. The molecule has 0 atom stereocenters. The normalized spacial score (nSPS) is 13.1. The van der Waals surface area contributed by atoms with Crippen molar-refractivity contribution in [3.8, 4) is 5.69 Å². The van der Waals surface area contributed by atoms with E-state index in [9.17, 15) is 0 Å². The second kappa shape index (κ2) is 2.88. The minimum Gasteiger partial charge on any atom is -0.317 e. The molecule has 0 unspecified atom stereocenters. The lowest BCUT2D eigenvalue weighted by molar-refractivity contribution is 1.04. The standard InChI is InChI=1S/C13H11N/c1-2-9-13-11(5-1)6-3-7-12-8-4-10-14(12)13/h1-5,7-10H,6H2. The number of rotatable bonds is 0. The van der Waals surface area contributed by atoms with Crippen molar-refractivity contribution < 1.29 is 0 Å². The summed E-state index contributed by atoms with van der Waals surface area (Å²) in [5.41, 5.74) is 3.95. The fourth-order valence-corrected chi connectivity index (χ4v) is 1.97. The molecule has 3 rings (SSSR count). The number of nitrogens with zero attached hydrogens (tertiary/aromatic N) is 1. The van der Waals surface area contributed by atoms with Crippen LogP contribution in [0.4, 0.5) is 0 Å². The first-order valence-corrected chi connectivity index (χ1v) is 4.87. The quantitative estimate of drug-likeness (QED) is 0.588. The van der Waals surface area contributed by atoms with Crippen LogP contribution in [0.25, 0.3) is 11.8 Å². The molecule has 0 N–H and O–H groups in total. The number of benzene rings is 1. The first-order valence-electron chi connectivity index (χ1n) is 4.87. The van der Waals surface area contributed by atoms with Crippen LogP contribution in [0.15, 0.2) is 48.7 Å². The summed E-state index contributed by atoms with van der Waals surface area (Å²) in [6, 6.07) is 12.8. The molecule has 0 spiro atoms. The van der Waals surface area contributed by atoms with E-state index in [1.807, 2.05) is 0 Å². The lowest BCUT2D eigenvalue weighted by Gasteiger charge is -2.08. The SMILES string of the molecule is C1=Cc2cccn2-c2ccccc2C1. The van der Waals surface area contributed by atoms with Crippen LogP contribution in [-0.4, -0.2) is 4.57 Å². The van der Waals surface area contributed by atoms with Crippen LogP contribution in [0.3, 0.4) is 0 Å². The molecule has 0 bridgehead atoms. The highest BCUT2D eigenvalue weighted by atomic mass is 15.0. The Morgan fingerprint density at radius 3 is 2.93 bits per heavy atom. The Morgan fingerprint density at radius 1 is 1.00 bits per heavy atom. The Hall–Kier alpha value is -1.76. The highest BCUT2D eigenvalue weighted by Crippen LogP contribution is 2.22. The van der Waals surface area contributed by atoms with Crippen molar-refractivity contribution in [2.24, 2.45) is 0 Å². The van der Waals surface area contributed by atoms with E-state index < -0.39 is 0 Å². The van der Waals surface area contributed by atoms with Gasteiger partial charge in [0.05, 0.1) is 0 Å². The van der Waals surface area contributed by atoms with Crippen LogP contribution in [0, 0.1) is 0 Å². The van der Waals surface area contributed by atoms with E-state index >= 15 is 0 Å². The van der Waals surface area contributed by atoms with Gasteiger partial charge >= 0.3 is 0 Å². The van der Waals surface area contributed by atoms with E-state index in [0.29, 0.717) is 0 Å². The number of hydrogen-bond donors (Lipinski definition) is 0. The van der Waals surface area contributed by atoms with E-state index in [2.05, 4.69) is 59.3 Å². The maximum absolute atomic E-state index is 2.23. The summed E-state index contributed by atoms with van der Waals surface area (Å²) >= 11 is 0. The average Bonchev–Trinajstić information content (AvgIpc) is 2.61. The summed E-state index contributed by atoms with van der Waals surface area (Å²) in [6.07, 6.45) is 7.54. The molecule has 2 aromatic rings. The molecule has 68 valence electrons. The number of fused-ring (bicyclic) bond motifs is 3. The van der Waals surface area contributed by atoms with Gasteiger partial charge in [-0.2, -0.15) is 0 Å². The minimum atomic E-state index is 1.03. The van der Waals surface area contributed by atoms with Gasteiger partial charge < -0.3 is 4.57 Å². The minimum absolute atomic E-state index is 1.03. The van der Waals surface area contributed by atoms with Gasteiger partial charge in [-0.25, -0.2) is 0 Å². The highest BCUT2D eigenvalue weighted by molar-refractivity contribution is 5.56. The van der Waals surface area contributed by atoms with Gasteiger partial charge in [-0.15, -0.1) is 0 Å². The van der Waals surface area contributed by atoms with Gasteiger partial charge in [-0.05, 0) is 36.3 Å². The summed E-state index contributed by atoms with van der Waals surface area (Å²) in [4.78, 5) is 0. The molecule has 14 heavy (non-hydrogen) atoms. The predicted octanol–water partition coefficient (Wildman–Crippen LogP) is 3.05. The number of aromatic nitrogens is 1. The van der Waals surface area contributed by atoms with Crippen molar-refractivity contribution >= 4 is 6.08 Å². The van der Waals surface area contributed by atoms with Crippen LogP contribution in [0.5, 0.6) is 0 Å². The Morgan fingerprint density at radius 2 is 1.93 bits per heavy atom. The first kappa shape index (κ1) is 7.63. The zero-order valence-corrected chi connectivity index (χ0v) is 7.85. The second-order valence-electron chi connectivity index (χ2n) is 3.54. The van der Waals surface area contributed by atoms with E-state index in [4.69, 9.17) is 0 Å². The first-order chi connectivity index (χ1) is 6.95. The fraction of sp³-hybridized carbons (Fsp3) is 0.0769. The molecule has 1 nitrogen and oxygen atoms in total. The van der Waals surface area contributed by atoms with Gasteiger partial charge in [-0.1, -0.05) is 24.3 Å². The molecule has 2 heterocycles. The lowest BCUT2D eigenvalue weighted by Crippen LogP contribution is -1.96. The zero-order chi connectivity index (χ0) is 9.38. The van der Waals surface area contributed by atoms with Crippen LogP contribution in [0.2, 0.25) is 0 Å². The van der Waals surface area contributed by atoms with Crippen molar-refractivity contribution in [1.82, 2.24) is 4.57 Å². The summed E-state index contributed by atoms with van der Waals surface area (Å²) in [6.45, 7) is 0. The smallest absolute Gasteiger partial charge is 0.0490 e. The van der Waals surface area contributed by atoms with Crippen molar-refractivity contribution in [2.45, 2.75) is 6.42 Å². The van der Waals surface area contributed by atoms with Crippen molar-refractivity contribution in [2.75, 3.05) is 0 Å². The molecule has 0 aliphatic carbocycles. The van der Waals surface area contributed by atoms with Crippen LogP contribution in [-0.2, 0) is 6.42 Å². The monoisotopic (exact) mass is 181 g/mol. The molecule has 0 saturated heterocycles. The average molecular weight is 181 g/mol. The van der Waals surface area contributed by atoms with Gasteiger partial charge in [0.2, 0.25) is 0 Å². The van der Waals surface area contributed by atoms with E-state index in [1.54, 1.807) is 0 Å². The van der Waals surface area contributed by atoms with E-state index in [0.717, 1.165) is 6.42 Å². The molecule has 1 aromatic carbocycles. The van der Waals surface area contributed by atoms with Gasteiger partial charge in [0.15, 0.2) is 0 Å². The molecular formula is C13H11N. The van der Waals surface area contributed by atoms with Crippen molar-refractivity contribution in [1.29, 1.82) is 0 Å². The van der Waals surface area contributed by atoms with Crippen LogP contribution >= 0.6 is 0 Å². The topological polar surface area (TPSA) is 4.93 Å². The molecule has 0 amide bonds. The number of para-hydroxylation sites is 1. The molecule has 0 saturated carbocycles. The fourth-order valence-electron chi connectivity index (χ4n) is 1.97. The van der Waals surface area contributed by atoms with Gasteiger partial charge in [0.1, 0.15) is 0 Å². The maximum atomic E-state index is 2.23. The van der Waals surface area contributed by atoms with E-state index in [1.165, 1.54) is 16.9 Å². The third-order valence-corrected chi connectivity index (χ3v) is 2.66.